The lowest BCUT2D eigenvalue weighted by Gasteiger charge is -2.23. The first-order valence-corrected chi connectivity index (χ1v) is 6.60. The normalized spacial score (nSPS) is 31.1. The van der Waals surface area contributed by atoms with Gasteiger partial charge in [-0.1, -0.05) is 0 Å². The predicted molar refractivity (Wildman–Crippen MR) is 66.1 cm³/mol. The number of rotatable bonds is 4. The number of nitrogens with one attached hydrogen (secondary N) is 3. The van der Waals surface area contributed by atoms with Crippen molar-refractivity contribution in [3.63, 3.8) is 0 Å². The van der Waals surface area contributed by atoms with Crippen LogP contribution in [0.1, 0.15) is 33.1 Å². The van der Waals surface area contributed by atoms with Gasteiger partial charge in [-0.3, -0.25) is 10.1 Å². The molecule has 0 aliphatic carbocycles. The minimum Gasteiger partial charge on any atom is -0.373 e. The number of urea groups is 1. The maximum atomic E-state index is 11.7. The molecule has 4 atom stereocenters. The summed E-state index contributed by atoms with van der Waals surface area (Å²) in [7, 11) is 0. The molecule has 3 N–H and O–H groups in total. The lowest BCUT2D eigenvalue weighted by Crippen LogP contribution is -2.52. The molecule has 2 heterocycles. The molecule has 2 bridgehead atoms. The van der Waals surface area contributed by atoms with E-state index in [0.717, 1.165) is 19.3 Å². The fourth-order valence-electron chi connectivity index (χ4n) is 2.63. The minimum absolute atomic E-state index is 0.231. The van der Waals surface area contributed by atoms with Crippen molar-refractivity contribution in [2.24, 2.45) is 0 Å². The lowest BCUT2D eigenvalue weighted by atomic mass is 9.95. The molecule has 6 nitrogen and oxygen atoms in total. The summed E-state index contributed by atoms with van der Waals surface area (Å²) < 4.78 is 5.71. The Bertz CT molecular complexity index is 335. The van der Waals surface area contributed by atoms with Gasteiger partial charge >= 0.3 is 6.03 Å². The zero-order valence-electron chi connectivity index (χ0n) is 10.9. The number of fused-ring (bicyclic) bond motifs is 2. The molecule has 2 rings (SSSR count). The van der Waals surface area contributed by atoms with E-state index in [1.54, 1.807) is 13.8 Å². The Balaban J connectivity index is 1.75. The van der Waals surface area contributed by atoms with Crippen molar-refractivity contribution in [1.29, 1.82) is 0 Å². The third kappa shape index (κ3) is 3.00. The summed E-state index contributed by atoms with van der Waals surface area (Å²) in [5.41, 5.74) is 0. The molecule has 18 heavy (non-hydrogen) atoms. The molecule has 6 heteroatoms. The van der Waals surface area contributed by atoms with Gasteiger partial charge in [-0.15, -0.1) is 0 Å². The Labute approximate surface area is 107 Å². The number of carbonyl (C=O) groups excluding carboxylic acids is 2. The Morgan fingerprint density at radius 1 is 1.39 bits per heavy atom. The standard InChI is InChI=1S/C12H21N3O3/c1-3-13-12(17)15-11(16)7(2)14-9-6-8-4-5-10(9)18-8/h7-10,14H,3-6H2,1-2H3,(H2,13,15,16,17). The summed E-state index contributed by atoms with van der Waals surface area (Å²) in [5.74, 6) is -0.302. The van der Waals surface area contributed by atoms with E-state index < -0.39 is 6.03 Å². The van der Waals surface area contributed by atoms with Crippen molar-refractivity contribution in [2.75, 3.05) is 6.54 Å². The molecule has 0 aromatic carbocycles. The monoisotopic (exact) mass is 255 g/mol. The zero-order chi connectivity index (χ0) is 13.1. The van der Waals surface area contributed by atoms with Gasteiger partial charge in [0.25, 0.3) is 0 Å². The van der Waals surface area contributed by atoms with Gasteiger partial charge in [0.1, 0.15) is 0 Å². The van der Waals surface area contributed by atoms with Crippen LogP contribution in [0.5, 0.6) is 0 Å². The van der Waals surface area contributed by atoms with Crippen LogP contribution in [-0.2, 0) is 9.53 Å². The Kier molecular flexibility index (Phi) is 4.19. The van der Waals surface area contributed by atoms with Crippen LogP contribution in [0.25, 0.3) is 0 Å². The largest absolute Gasteiger partial charge is 0.373 e. The second-order valence-electron chi connectivity index (χ2n) is 4.95. The highest BCUT2D eigenvalue weighted by molar-refractivity contribution is 5.96. The average molecular weight is 255 g/mol. The van der Waals surface area contributed by atoms with Crippen molar-refractivity contribution in [3.8, 4) is 0 Å². The first-order valence-electron chi connectivity index (χ1n) is 6.60. The quantitative estimate of drug-likeness (QED) is 0.667. The molecule has 0 saturated carbocycles. The zero-order valence-corrected chi connectivity index (χ0v) is 10.9. The van der Waals surface area contributed by atoms with E-state index in [1.807, 2.05) is 0 Å². The van der Waals surface area contributed by atoms with E-state index in [4.69, 9.17) is 4.74 Å². The number of imide groups is 1. The van der Waals surface area contributed by atoms with Gasteiger partial charge < -0.3 is 15.4 Å². The Morgan fingerprint density at radius 2 is 2.17 bits per heavy atom. The van der Waals surface area contributed by atoms with E-state index in [9.17, 15) is 9.59 Å². The summed E-state index contributed by atoms with van der Waals surface area (Å²) >= 11 is 0. The van der Waals surface area contributed by atoms with E-state index in [1.165, 1.54) is 0 Å². The number of hydrogen-bond donors (Lipinski definition) is 3. The van der Waals surface area contributed by atoms with Gasteiger partial charge in [-0.05, 0) is 33.1 Å². The molecule has 102 valence electrons. The Hall–Kier alpha value is -1.14. The predicted octanol–water partition coefficient (Wildman–Crippen LogP) is 0.130. The first-order chi connectivity index (χ1) is 8.60. The molecular formula is C12H21N3O3. The van der Waals surface area contributed by atoms with Crippen molar-refractivity contribution < 1.29 is 14.3 Å². The average Bonchev–Trinajstić information content (AvgIpc) is 2.90. The van der Waals surface area contributed by atoms with Crippen molar-refractivity contribution in [2.45, 2.75) is 57.4 Å². The summed E-state index contributed by atoms with van der Waals surface area (Å²) in [6.07, 6.45) is 3.74. The molecule has 0 spiro atoms. The number of ether oxygens (including phenoxy) is 1. The van der Waals surface area contributed by atoms with Crippen molar-refractivity contribution >= 4 is 11.9 Å². The molecule has 0 aromatic rings. The summed E-state index contributed by atoms with van der Waals surface area (Å²) in [6.45, 7) is 4.07. The van der Waals surface area contributed by atoms with Crippen LogP contribution < -0.4 is 16.0 Å². The maximum absolute atomic E-state index is 11.7. The number of amides is 3. The van der Waals surface area contributed by atoms with E-state index in [0.29, 0.717) is 12.6 Å². The van der Waals surface area contributed by atoms with Crippen molar-refractivity contribution in [3.05, 3.63) is 0 Å². The maximum Gasteiger partial charge on any atom is 0.321 e. The molecule has 2 fully saturated rings. The van der Waals surface area contributed by atoms with Crippen molar-refractivity contribution in [1.82, 2.24) is 16.0 Å². The van der Waals surface area contributed by atoms with Crippen LogP contribution in [0.4, 0.5) is 4.79 Å². The van der Waals surface area contributed by atoms with Gasteiger partial charge in [0.05, 0.1) is 18.2 Å². The second kappa shape index (κ2) is 5.67. The minimum atomic E-state index is -0.444. The molecule has 2 saturated heterocycles. The first kappa shape index (κ1) is 13.3. The summed E-state index contributed by atoms with van der Waals surface area (Å²) in [6, 6.07) is -0.598. The SMILES string of the molecule is CCNC(=O)NC(=O)C(C)NC1CC2CCC1O2. The fourth-order valence-corrected chi connectivity index (χ4v) is 2.63. The lowest BCUT2D eigenvalue weighted by molar-refractivity contribution is -0.121. The fraction of sp³-hybridized carbons (Fsp3) is 0.833. The van der Waals surface area contributed by atoms with Crippen LogP contribution in [-0.4, -0.2) is 42.8 Å². The molecule has 3 amide bonds. The molecule has 2 aliphatic rings. The van der Waals surface area contributed by atoms with Gasteiger partial charge in [0.2, 0.25) is 5.91 Å². The van der Waals surface area contributed by atoms with Gasteiger partial charge in [0.15, 0.2) is 0 Å². The topological polar surface area (TPSA) is 79.5 Å². The molecule has 0 aromatic heterocycles. The van der Waals surface area contributed by atoms with Crippen LogP contribution in [0.2, 0.25) is 0 Å². The Morgan fingerprint density at radius 3 is 2.72 bits per heavy atom. The molecule has 4 unspecified atom stereocenters. The molecule has 0 radical (unpaired) electrons. The third-order valence-corrected chi connectivity index (χ3v) is 3.54. The van der Waals surface area contributed by atoms with Gasteiger partial charge in [-0.2, -0.15) is 0 Å². The van der Waals surface area contributed by atoms with Crippen LogP contribution >= 0.6 is 0 Å². The molecular weight excluding hydrogens is 234 g/mol. The van der Waals surface area contributed by atoms with Crippen LogP contribution in [0.3, 0.4) is 0 Å². The second-order valence-corrected chi connectivity index (χ2v) is 4.95. The van der Waals surface area contributed by atoms with Gasteiger partial charge in [0, 0.05) is 12.6 Å². The summed E-state index contributed by atoms with van der Waals surface area (Å²) in [4.78, 5) is 23.0. The summed E-state index contributed by atoms with van der Waals surface area (Å²) in [5, 5.41) is 8.08. The highest BCUT2D eigenvalue weighted by Crippen LogP contribution is 2.34. The van der Waals surface area contributed by atoms with Crippen LogP contribution in [0, 0.1) is 0 Å². The number of carbonyl (C=O) groups is 2. The smallest absolute Gasteiger partial charge is 0.321 e. The third-order valence-electron chi connectivity index (χ3n) is 3.54. The van der Waals surface area contributed by atoms with Gasteiger partial charge in [-0.25, -0.2) is 4.79 Å². The van der Waals surface area contributed by atoms with E-state index >= 15 is 0 Å². The van der Waals surface area contributed by atoms with Crippen LogP contribution in [0.15, 0.2) is 0 Å². The highest BCUT2D eigenvalue weighted by Gasteiger charge is 2.41. The molecule has 2 aliphatic heterocycles. The highest BCUT2D eigenvalue weighted by atomic mass is 16.5. The number of hydrogen-bond acceptors (Lipinski definition) is 4. The van der Waals surface area contributed by atoms with E-state index in [-0.39, 0.29) is 24.1 Å². The van der Waals surface area contributed by atoms with E-state index in [2.05, 4.69) is 16.0 Å².